The van der Waals surface area contributed by atoms with Crippen LogP contribution in [0, 0.1) is 38.5 Å². The number of rotatable bonds is 2. The van der Waals surface area contributed by atoms with Gasteiger partial charge in [0.2, 0.25) is 5.91 Å². The minimum atomic E-state index is -0.0965. The van der Waals surface area contributed by atoms with E-state index in [0.29, 0.717) is 5.92 Å². The number of pyridine rings is 1. The molecule has 0 unspecified atom stereocenters. The molecule has 1 fully saturated rings. The van der Waals surface area contributed by atoms with E-state index in [9.17, 15) is 4.79 Å². The molecular weight excluding hydrogens is 236 g/mol. The molecule has 0 atom stereocenters. The third-order valence-electron chi connectivity index (χ3n) is 3.02. The first kappa shape index (κ1) is 12.2. The molecule has 19 heavy (non-hydrogen) atoms. The lowest BCUT2D eigenvalue weighted by Gasteiger charge is -2.12. The maximum Gasteiger partial charge on any atom is 0.232 e. The molecule has 3 heteroatoms. The number of amides is 1. The van der Waals surface area contributed by atoms with E-state index in [1.165, 1.54) is 0 Å². The van der Waals surface area contributed by atoms with E-state index in [2.05, 4.69) is 10.3 Å². The third kappa shape index (κ3) is 2.46. The molecule has 1 heterocycles. The van der Waals surface area contributed by atoms with Gasteiger partial charge in [-0.1, -0.05) is 18.2 Å². The largest absolute Gasteiger partial charge is 0.325 e. The van der Waals surface area contributed by atoms with E-state index in [1.54, 1.807) is 12.8 Å². The maximum absolute atomic E-state index is 12.1. The number of anilines is 1. The van der Waals surface area contributed by atoms with Crippen LogP contribution in [0.15, 0.2) is 30.3 Å². The molecule has 0 bridgehead atoms. The fourth-order valence-electron chi connectivity index (χ4n) is 2.13. The molecule has 2 aromatic rings. The number of fused-ring (bicyclic) bond motifs is 1. The summed E-state index contributed by atoms with van der Waals surface area (Å²) in [4.78, 5) is 16.6. The molecular formula is C16H13N2O. The Morgan fingerprint density at radius 1 is 1.16 bits per heavy atom. The van der Waals surface area contributed by atoms with Gasteiger partial charge in [-0.15, -0.1) is 0 Å². The van der Waals surface area contributed by atoms with Crippen molar-refractivity contribution in [2.75, 3.05) is 5.32 Å². The highest BCUT2D eigenvalue weighted by molar-refractivity contribution is 6.09. The molecule has 93 valence electrons. The van der Waals surface area contributed by atoms with E-state index in [-0.39, 0.29) is 5.91 Å². The summed E-state index contributed by atoms with van der Waals surface area (Å²) in [5, 5.41) is 3.90. The molecule has 3 rings (SSSR count). The molecule has 1 aliphatic rings. The molecule has 1 N–H and O–H groups in total. The summed E-state index contributed by atoms with van der Waals surface area (Å²) in [5.41, 5.74) is 2.58. The molecule has 1 aromatic heterocycles. The second kappa shape index (κ2) is 5.00. The monoisotopic (exact) mass is 249 g/mol. The number of hydrogen-bond donors (Lipinski definition) is 1. The van der Waals surface area contributed by atoms with Crippen molar-refractivity contribution < 1.29 is 4.79 Å². The van der Waals surface area contributed by atoms with Crippen molar-refractivity contribution in [1.82, 2.24) is 4.98 Å². The summed E-state index contributed by atoms with van der Waals surface area (Å²) in [5.74, 6) is 0.569. The Balaban J connectivity index is 1.93. The fourth-order valence-corrected chi connectivity index (χ4v) is 2.13. The van der Waals surface area contributed by atoms with Crippen molar-refractivity contribution in [3.63, 3.8) is 0 Å². The first-order chi connectivity index (χ1) is 9.24. The van der Waals surface area contributed by atoms with Crippen LogP contribution in [0.1, 0.15) is 5.69 Å². The van der Waals surface area contributed by atoms with Crippen LogP contribution in [0.3, 0.4) is 0 Å². The van der Waals surface area contributed by atoms with E-state index in [0.717, 1.165) is 22.3 Å². The van der Waals surface area contributed by atoms with E-state index in [1.807, 2.05) is 50.1 Å². The zero-order valence-corrected chi connectivity index (χ0v) is 10.6. The second-order valence-corrected chi connectivity index (χ2v) is 4.46. The van der Waals surface area contributed by atoms with Gasteiger partial charge in [0.05, 0.1) is 17.1 Å². The fraction of sp³-hybridized carbons (Fsp3) is 0.0625. The van der Waals surface area contributed by atoms with Crippen LogP contribution in [0.5, 0.6) is 0 Å². The number of aryl methyl sites for hydroxylation is 1. The van der Waals surface area contributed by atoms with E-state index in [4.69, 9.17) is 0 Å². The van der Waals surface area contributed by atoms with Gasteiger partial charge >= 0.3 is 0 Å². The highest BCUT2D eigenvalue weighted by atomic mass is 16.1. The van der Waals surface area contributed by atoms with E-state index < -0.39 is 0 Å². The summed E-state index contributed by atoms with van der Waals surface area (Å²) >= 11 is 0. The Hall–Kier alpha value is -1.90. The quantitative estimate of drug-likeness (QED) is 0.889. The van der Waals surface area contributed by atoms with Crippen LogP contribution in [-0.2, 0) is 4.79 Å². The SMILES string of the molecule is Cc1cc(NC(=O)[C]2[CH][CH][CH][CH]2)c2ccccc2n1. The number of carbonyl (C=O) groups is 1. The highest BCUT2D eigenvalue weighted by Crippen LogP contribution is 2.27. The number of nitrogens with zero attached hydrogens (tertiary/aromatic N) is 1. The molecule has 1 aliphatic carbocycles. The van der Waals surface area contributed by atoms with Crippen LogP contribution in [0.25, 0.3) is 10.9 Å². The predicted molar refractivity (Wildman–Crippen MR) is 75.6 cm³/mol. The van der Waals surface area contributed by atoms with Crippen LogP contribution in [0.2, 0.25) is 0 Å². The molecule has 1 aromatic carbocycles. The normalized spacial score (nSPS) is 15.8. The maximum atomic E-state index is 12.1. The van der Waals surface area contributed by atoms with Crippen molar-refractivity contribution in [2.24, 2.45) is 0 Å². The van der Waals surface area contributed by atoms with Crippen molar-refractivity contribution in [3.8, 4) is 0 Å². The van der Waals surface area contributed by atoms with Crippen molar-refractivity contribution >= 4 is 22.5 Å². The number of nitrogens with one attached hydrogen (secondary N) is 1. The molecule has 5 radical (unpaired) electrons. The highest BCUT2D eigenvalue weighted by Gasteiger charge is 2.24. The lowest BCUT2D eigenvalue weighted by atomic mass is 10.1. The van der Waals surface area contributed by atoms with Gasteiger partial charge < -0.3 is 5.32 Å². The lowest BCUT2D eigenvalue weighted by molar-refractivity contribution is -0.113. The average Bonchev–Trinajstić information content (AvgIpc) is 2.92. The Kier molecular flexibility index (Phi) is 3.20. The minimum absolute atomic E-state index is 0.0965. The number of para-hydroxylation sites is 1. The van der Waals surface area contributed by atoms with Gasteiger partial charge in [-0.05, 0) is 44.7 Å². The van der Waals surface area contributed by atoms with Gasteiger partial charge in [-0.3, -0.25) is 9.78 Å². The first-order valence-corrected chi connectivity index (χ1v) is 6.13. The van der Waals surface area contributed by atoms with E-state index >= 15 is 0 Å². The molecule has 3 nitrogen and oxygen atoms in total. The molecule has 0 spiro atoms. The molecule has 0 saturated heterocycles. The van der Waals surface area contributed by atoms with Crippen LogP contribution in [-0.4, -0.2) is 10.9 Å². The topological polar surface area (TPSA) is 42.0 Å². The predicted octanol–water partition coefficient (Wildman–Crippen LogP) is 2.89. The first-order valence-electron chi connectivity index (χ1n) is 6.13. The van der Waals surface area contributed by atoms with Gasteiger partial charge in [-0.2, -0.15) is 0 Å². The van der Waals surface area contributed by atoms with Crippen LogP contribution in [0.4, 0.5) is 5.69 Å². The Morgan fingerprint density at radius 3 is 2.68 bits per heavy atom. The van der Waals surface area contributed by atoms with Crippen molar-refractivity contribution in [1.29, 1.82) is 0 Å². The summed E-state index contributed by atoms with van der Waals surface area (Å²) in [6.45, 7) is 1.92. The zero-order valence-electron chi connectivity index (χ0n) is 10.6. The molecule has 0 aliphatic heterocycles. The number of hydrogen-bond acceptors (Lipinski definition) is 2. The van der Waals surface area contributed by atoms with Gasteiger partial charge in [0.25, 0.3) is 0 Å². The minimum Gasteiger partial charge on any atom is -0.325 e. The second-order valence-electron chi connectivity index (χ2n) is 4.46. The van der Waals surface area contributed by atoms with Gasteiger partial charge in [0, 0.05) is 11.1 Å². The standard InChI is InChI=1S/C16H13N2O/c1-11-10-15(13-8-4-5-9-14(13)17-11)18-16(19)12-6-2-3-7-12/h2-10H,1H3,(H,17,18,19). The van der Waals surface area contributed by atoms with Crippen LogP contribution >= 0.6 is 0 Å². The van der Waals surface area contributed by atoms with Crippen molar-refractivity contribution in [2.45, 2.75) is 6.92 Å². The lowest BCUT2D eigenvalue weighted by Crippen LogP contribution is -2.19. The molecule has 1 amide bonds. The number of benzene rings is 1. The Labute approximate surface area is 113 Å². The van der Waals surface area contributed by atoms with Gasteiger partial charge in [0.15, 0.2) is 0 Å². The summed E-state index contributed by atoms with van der Waals surface area (Å²) in [6.07, 6.45) is 7.30. The molecule has 1 saturated carbocycles. The summed E-state index contributed by atoms with van der Waals surface area (Å²) < 4.78 is 0. The smallest absolute Gasteiger partial charge is 0.232 e. The Morgan fingerprint density at radius 2 is 1.89 bits per heavy atom. The third-order valence-corrected chi connectivity index (χ3v) is 3.02. The van der Waals surface area contributed by atoms with Gasteiger partial charge in [0.1, 0.15) is 0 Å². The average molecular weight is 249 g/mol. The van der Waals surface area contributed by atoms with Crippen molar-refractivity contribution in [3.05, 3.63) is 67.6 Å². The van der Waals surface area contributed by atoms with Gasteiger partial charge in [-0.25, -0.2) is 0 Å². The zero-order chi connectivity index (χ0) is 13.2. The summed E-state index contributed by atoms with van der Waals surface area (Å²) in [6, 6.07) is 9.68. The number of carbonyl (C=O) groups excluding carboxylic acids is 1. The van der Waals surface area contributed by atoms with Crippen LogP contribution < -0.4 is 5.32 Å². The Bertz CT molecular complexity index is 615. The summed E-state index contributed by atoms with van der Waals surface area (Å²) in [7, 11) is 0. The number of aromatic nitrogens is 1.